The first-order valence-corrected chi connectivity index (χ1v) is 10.9. The summed E-state index contributed by atoms with van der Waals surface area (Å²) in [4.78, 5) is 23.0. The summed E-state index contributed by atoms with van der Waals surface area (Å²) in [5.74, 6) is -0.775. The largest absolute Gasteiger partial charge is 0.484 e. The standard InChI is InChI=1S/C21H16BrF3N2O5S/c1-11(13-5-3-4-6-14(13)21(23,24)25)32-17-10-18(33-19(17)20(28)31-2)26-15-8-7-12(22)9-16(15)27(29)30/h3-11,26H,1-2H3/t11-/m1/s1. The van der Waals surface area contributed by atoms with Gasteiger partial charge in [-0.15, -0.1) is 11.3 Å². The number of nitro groups is 1. The zero-order chi connectivity index (χ0) is 24.3. The minimum Gasteiger partial charge on any atom is -0.484 e. The summed E-state index contributed by atoms with van der Waals surface area (Å²) >= 11 is 4.06. The predicted molar refractivity (Wildman–Crippen MR) is 120 cm³/mol. The van der Waals surface area contributed by atoms with Crippen molar-refractivity contribution in [1.29, 1.82) is 0 Å². The van der Waals surface area contributed by atoms with E-state index in [1.807, 2.05) is 0 Å². The molecule has 3 rings (SSSR count). The Balaban J connectivity index is 1.96. The molecule has 0 amide bonds. The SMILES string of the molecule is COC(=O)c1sc(Nc2ccc(Br)cc2[N+](=O)[O-])cc1O[C@H](C)c1ccccc1C(F)(F)F. The number of hydrogen-bond donors (Lipinski definition) is 1. The van der Waals surface area contributed by atoms with E-state index in [2.05, 4.69) is 21.2 Å². The molecule has 0 aliphatic rings. The third kappa shape index (κ3) is 5.63. The van der Waals surface area contributed by atoms with Gasteiger partial charge in [0, 0.05) is 22.2 Å². The van der Waals surface area contributed by atoms with E-state index in [1.54, 1.807) is 6.07 Å². The van der Waals surface area contributed by atoms with Gasteiger partial charge in [-0.25, -0.2) is 4.79 Å². The summed E-state index contributed by atoms with van der Waals surface area (Å²) < 4.78 is 51.2. The molecule has 1 aromatic heterocycles. The molecule has 0 radical (unpaired) electrons. The fourth-order valence-corrected chi connectivity index (χ4v) is 4.29. The maximum atomic E-state index is 13.4. The summed E-state index contributed by atoms with van der Waals surface area (Å²) in [5, 5.41) is 14.5. The molecule has 7 nitrogen and oxygen atoms in total. The molecule has 0 saturated heterocycles. The van der Waals surface area contributed by atoms with Gasteiger partial charge >= 0.3 is 12.1 Å². The monoisotopic (exact) mass is 544 g/mol. The lowest BCUT2D eigenvalue weighted by molar-refractivity contribution is -0.384. The lowest BCUT2D eigenvalue weighted by Crippen LogP contribution is -2.14. The van der Waals surface area contributed by atoms with Crippen molar-refractivity contribution in [2.75, 3.05) is 12.4 Å². The number of nitrogens with one attached hydrogen (secondary N) is 1. The number of carbonyl (C=O) groups is 1. The van der Waals surface area contributed by atoms with Crippen LogP contribution in [0, 0.1) is 10.1 Å². The van der Waals surface area contributed by atoms with Crippen molar-refractivity contribution < 1.29 is 32.4 Å². The van der Waals surface area contributed by atoms with Crippen LogP contribution in [0.5, 0.6) is 5.75 Å². The van der Waals surface area contributed by atoms with Crippen molar-refractivity contribution in [2.45, 2.75) is 19.2 Å². The molecule has 0 bridgehead atoms. The van der Waals surface area contributed by atoms with Crippen molar-refractivity contribution in [1.82, 2.24) is 0 Å². The molecule has 0 spiro atoms. The summed E-state index contributed by atoms with van der Waals surface area (Å²) in [6, 6.07) is 10.7. The van der Waals surface area contributed by atoms with Crippen LogP contribution >= 0.6 is 27.3 Å². The van der Waals surface area contributed by atoms with E-state index in [0.29, 0.717) is 9.47 Å². The number of methoxy groups -OCH3 is 1. The van der Waals surface area contributed by atoms with E-state index >= 15 is 0 Å². The first kappa shape index (κ1) is 24.5. The first-order chi connectivity index (χ1) is 15.5. The zero-order valence-electron chi connectivity index (χ0n) is 17.1. The van der Waals surface area contributed by atoms with Crippen molar-refractivity contribution in [3.63, 3.8) is 0 Å². The fourth-order valence-electron chi connectivity index (χ4n) is 3.02. The maximum absolute atomic E-state index is 13.4. The smallest absolute Gasteiger partial charge is 0.416 e. The third-order valence-electron chi connectivity index (χ3n) is 4.49. The number of alkyl halides is 3. The highest BCUT2D eigenvalue weighted by atomic mass is 79.9. The summed E-state index contributed by atoms with van der Waals surface area (Å²) in [5.41, 5.74) is -1.02. The van der Waals surface area contributed by atoms with Crippen LogP contribution in [-0.4, -0.2) is 18.0 Å². The molecule has 0 unspecified atom stereocenters. The summed E-state index contributed by atoms with van der Waals surface area (Å²) in [6.45, 7) is 1.43. The average molecular weight is 545 g/mol. The van der Waals surface area contributed by atoms with Gasteiger partial charge in [-0.3, -0.25) is 10.1 Å². The van der Waals surface area contributed by atoms with Gasteiger partial charge in [-0.05, 0) is 25.1 Å². The minimum atomic E-state index is -4.58. The summed E-state index contributed by atoms with van der Waals surface area (Å²) in [7, 11) is 1.15. The van der Waals surface area contributed by atoms with Crippen LogP contribution in [0.2, 0.25) is 0 Å². The molecule has 174 valence electrons. The highest BCUT2D eigenvalue weighted by Crippen LogP contribution is 2.41. The van der Waals surface area contributed by atoms with Crippen LogP contribution in [0.1, 0.15) is 33.8 Å². The number of hydrogen-bond acceptors (Lipinski definition) is 7. The van der Waals surface area contributed by atoms with Crippen LogP contribution in [0.15, 0.2) is 53.0 Å². The fraction of sp³-hybridized carbons (Fsp3) is 0.190. The van der Waals surface area contributed by atoms with Gasteiger partial charge in [-0.2, -0.15) is 13.2 Å². The number of benzene rings is 2. The second-order valence-electron chi connectivity index (χ2n) is 6.68. The number of ether oxygens (including phenoxy) is 2. The van der Waals surface area contributed by atoms with Gasteiger partial charge < -0.3 is 14.8 Å². The van der Waals surface area contributed by atoms with E-state index in [9.17, 15) is 28.1 Å². The molecule has 0 fully saturated rings. The van der Waals surface area contributed by atoms with Gasteiger partial charge in [0.1, 0.15) is 17.5 Å². The Labute approximate surface area is 198 Å². The van der Waals surface area contributed by atoms with Gasteiger partial charge in [0.15, 0.2) is 4.88 Å². The van der Waals surface area contributed by atoms with Gasteiger partial charge in [0.05, 0.1) is 22.6 Å². The second kappa shape index (κ2) is 9.79. The number of esters is 1. The zero-order valence-corrected chi connectivity index (χ0v) is 19.5. The lowest BCUT2D eigenvalue weighted by atomic mass is 10.0. The normalized spacial score (nSPS) is 12.2. The Kier molecular flexibility index (Phi) is 7.28. The molecular formula is C21H16BrF3N2O5S. The molecule has 0 aliphatic heterocycles. The Hall–Kier alpha value is -3.12. The molecule has 33 heavy (non-hydrogen) atoms. The van der Waals surface area contributed by atoms with E-state index < -0.39 is 28.7 Å². The van der Waals surface area contributed by atoms with Crippen LogP contribution in [0.3, 0.4) is 0 Å². The van der Waals surface area contributed by atoms with Crippen molar-refractivity contribution in [3.8, 4) is 5.75 Å². The molecular weight excluding hydrogens is 529 g/mol. The van der Waals surface area contributed by atoms with Gasteiger partial charge in [0.2, 0.25) is 0 Å². The molecule has 1 N–H and O–H groups in total. The Morgan fingerprint density at radius 2 is 1.91 bits per heavy atom. The lowest BCUT2D eigenvalue weighted by Gasteiger charge is -2.19. The third-order valence-corrected chi connectivity index (χ3v) is 6.00. The maximum Gasteiger partial charge on any atom is 0.416 e. The predicted octanol–water partition coefficient (Wildman–Crippen LogP) is 7.11. The summed E-state index contributed by atoms with van der Waals surface area (Å²) in [6.07, 6.45) is -5.64. The Morgan fingerprint density at radius 3 is 2.55 bits per heavy atom. The highest BCUT2D eigenvalue weighted by Gasteiger charge is 2.35. The van der Waals surface area contributed by atoms with Crippen LogP contribution in [-0.2, 0) is 10.9 Å². The van der Waals surface area contributed by atoms with Crippen molar-refractivity contribution >= 4 is 49.6 Å². The van der Waals surface area contributed by atoms with Crippen LogP contribution < -0.4 is 10.1 Å². The first-order valence-electron chi connectivity index (χ1n) is 9.27. The number of halogens is 4. The van der Waals surface area contributed by atoms with Gasteiger partial charge in [-0.1, -0.05) is 34.1 Å². The number of nitrogens with zero attached hydrogens (tertiary/aromatic N) is 1. The highest BCUT2D eigenvalue weighted by molar-refractivity contribution is 9.10. The molecule has 1 heterocycles. The molecule has 2 aromatic carbocycles. The minimum absolute atomic E-state index is 0.00361. The number of nitro benzene ring substituents is 1. The molecule has 0 aliphatic carbocycles. The molecule has 1 atom stereocenters. The number of anilines is 2. The van der Waals surface area contributed by atoms with Crippen LogP contribution in [0.25, 0.3) is 0 Å². The van der Waals surface area contributed by atoms with Crippen LogP contribution in [0.4, 0.5) is 29.5 Å². The number of rotatable bonds is 7. The molecule has 3 aromatic rings. The van der Waals surface area contributed by atoms with E-state index in [1.165, 1.54) is 43.3 Å². The topological polar surface area (TPSA) is 90.7 Å². The van der Waals surface area contributed by atoms with E-state index in [-0.39, 0.29) is 27.6 Å². The number of carbonyl (C=O) groups excluding carboxylic acids is 1. The molecule has 0 saturated carbocycles. The van der Waals surface area contributed by atoms with Crippen molar-refractivity contribution in [2.24, 2.45) is 0 Å². The Morgan fingerprint density at radius 1 is 1.21 bits per heavy atom. The second-order valence-corrected chi connectivity index (χ2v) is 8.65. The molecule has 12 heteroatoms. The quantitative estimate of drug-likeness (QED) is 0.193. The van der Waals surface area contributed by atoms with Gasteiger partial charge in [0.25, 0.3) is 5.69 Å². The number of thiophene rings is 1. The Bertz CT molecular complexity index is 1200. The van der Waals surface area contributed by atoms with E-state index in [0.717, 1.165) is 24.5 Å². The van der Waals surface area contributed by atoms with Crippen molar-refractivity contribution in [3.05, 3.63) is 79.1 Å². The average Bonchev–Trinajstić information content (AvgIpc) is 3.15. The van der Waals surface area contributed by atoms with E-state index in [4.69, 9.17) is 9.47 Å².